The number of imide groups is 1. The van der Waals surface area contributed by atoms with Crippen molar-refractivity contribution in [1.82, 2.24) is 10.6 Å². The Hall–Kier alpha value is -1.89. The summed E-state index contributed by atoms with van der Waals surface area (Å²) in [6.45, 7) is 0. The van der Waals surface area contributed by atoms with E-state index < -0.39 is 29.4 Å². The third-order valence-electron chi connectivity index (χ3n) is 4.41. The summed E-state index contributed by atoms with van der Waals surface area (Å²) in [4.78, 5) is 34.9. The summed E-state index contributed by atoms with van der Waals surface area (Å²) in [6, 6.07) is 7.15. The number of rotatable bonds is 5. The van der Waals surface area contributed by atoms with Crippen molar-refractivity contribution in [2.45, 2.75) is 24.8 Å². The summed E-state index contributed by atoms with van der Waals surface area (Å²) >= 11 is 3.39. The number of hydrogen-bond acceptors (Lipinski definition) is 3. The first kappa shape index (κ1) is 15.0. The van der Waals surface area contributed by atoms with Crippen LogP contribution >= 0.6 is 15.9 Å². The van der Waals surface area contributed by atoms with E-state index in [1.54, 1.807) is 0 Å². The molecule has 1 saturated heterocycles. The zero-order valence-corrected chi connectivity index (χ0v) is 13.2. The normalized spacial score (nSPS) is 29.9. The van der Waals surface area contributed by atoms with Crippen LogP contribution in [-0.4, -0.2) is 28.6 Å². The van der Waals surface area contributed by atoms with Gasteiger partial charge in [-0.3, -0.25) is 14.9 Å². The lowest BCUT2D eigenvalue weighted by Gasteiger charge is -2.26. The molecule has 0 radical (unpaired) electrons. The Balaban J connectivity index is 1.80. The van der Waals surface area contributed by atoms with Crippen molar-refractivity contribution in [1.29, 1.82) is 0 Å². The number of nitrogens with one attached hydrogen (secondary N) is 2. The lowest BCUT2D eigenvalue weighted by atomic mass is 9.85. The molecule has 7 heteroatoms. The van der Waals surface area contributed by atoms with E-state index in [4.69, 9.17) is 5.11 Å². The molecule has 3 rings (SSSR count). The van der Waals surface area contributed by atoms with Crippen LogP contribution in [0.3, 0.4) is 0 Å². The maximum atomic E-state index is 12.2. The van der Waals surface area contributed by atoms with E-state index in [-0.39, 0.29) is 5.92 Å². The Labute approximate surface area is 135 Å². The lowest BCUT2D eigenvalue weighted by molar-refractivity contribution is -0.139. The monoisotopic (exact) mass is 366 g/mol. The van der Waals surface area contributed by atoms with Gasteiger partial charge < -0.3 is 10.4 Å². The van der Waals surface area contributed by atoms with Gasteiger partial charge in [-0.25, -0.2) is 4.79 Å². The van der Waals surface area contributed by atoms with Gasteiger partial charge in [-0.05, 0) is 37.0 Å². The SMILES string of the molecule is O=C1NC(=O)C(CCc2cccc(Br)c2)(C2CC2C(=O)O)N1. The molecule has 3 amide bonds. The Morgan fingerprint density at radius 2 is 2.18 bits per heavy atom. The molecule has 1 aliphatic heterocycles. The molecule has 1 aromatic rings. The molecule has 1 aromatic carbocycles. The van der Waals surface area contributed by atoms with Gasteiger partial charge in [0.2, 0.25) is 0 Å². The average molecular weight is 367 g/mol. The van der Waals surface area contributed by atoms with Crippen molar-refractivity contribution in [3.8, 4) is 0 Å². The van der Waals surface area contributed by atoms with E-state index in [0.29, 0.717) is 19.3 Å². The molecule has 0 bridgehead atoms. The molecule has 3 N–H and O–H groups in total. The Morgan fingerprint density at radius 3 is 2.73 bits per heavy atom. The summed E-state index contributed by atoms with van der Waals surface area (Å²) in [6.07, 6.45) is 1.38. The molecule has 6 nitrogen and oxygen atoms in total. The van der Waals surface area contributed by atoms with Crippen molar-refractivity contribution in [3.05, 3.63) is 34.3 Å². The predicted octanol–water partition coefficient (Wildman–Crippen LogP) is 1.68. The molecular weight excluding hydrogens is 352 g/mol. The molecule has 0 aromatic heterocycles. The highest BCUT2D eigenvalue weighted by Crippen LogP contribution is 2.49. The number of amides is 3. The number of halogens is 1. The summed E-state index contributed by atoms with van der Waals surface area (Å²) < 4.78 is 0.939. The first-order chi connectivity index (χ1) is 10.4. The molecule has 2 fully saturated rings. The largest absolute Gasteiger partial charge is 0.481 e. The van der Waals surface area contributed by atoms with E-state index in [0.717, 1.165) is 10.0 Å². The third kappa shape index (κ3) is 2.61. The first-order valence-corrected chi connectivity index (χ1v) is 7.82. The zero-order chi connectivity index (χ0) is 15.9. The lowest BCUT2D eigenvalue weighted by Crippen LogP contribution is -2.50. The van der Waals surface area contributed by atoms with Gasteiger partial charge in [0.25, 0.3) is 5.91 Å². The molecule has 1 heterocycles. The minimum absolute atomic E-state index is 0.344. The van der Waals surface area contributed by atoms with Gasteiger partial charge in [0.05, 0.1) is 5.92 Å². The van der Waals surface area contributed by atoms with Gasteiger partial charge in [-0.2, -0.15) is 0 Å². The van der Waals surface area contributed by atoms with E-state index in [2.05, 4.69) is 26.6 Å². The molecule has 2 aliphatic rings. The quantitative estimate of drug-likeness (QED) is 0.690. The van der Waals surface area contributed by atoms with Gasteiger partial charge in [0.1, 0.15) is 5.54 Å². The Kier molecular flexibility index (Phi) is 3.68. The van der Waals surface area contributed by atoms with Gasteiger partial charge in [0.15, 0.2) is 0 Å². The van der Waals surface area contributed by atoms with Crippen LogP contribution in [0.2, 0.25) is 0 Å². The number of benzene rings is 1. The van der Waals surface area contributed by atoms with Crippen LogP contribution in [0.4, 0.5) is 4.79 Å². The van der Waals surface area contributed by atoms with Gasteiger partial charge >= 0.3 is 12.0 Å². The van der Waals surface area contributed by atoms with Crippen LogP contribution in [0.15, 0.2) is 28.7 Å². The van der Waals surface area contributed by atoms with E-state index >= 15 is 0 Å². The topological polar surface area (TPSA) is 95.5 Å². The number of aryl methyl sites for hydroxylation is 1. The fourth-order valence-electron chi connectivity index (χ4n) is 3.17. The Bertz CT molecular complexity index is 663. The second-order valence-corrected chi connectivity index (χ2v) is 6.71. The minimum Gasteiger partial charge on any atom is -0.481 e. The molecule has 3 atom stereocenters. The van der Waals surface area contributed by atoms with Crippen LogP contribution in [-0.2, 0) is 16.0 Å². The molecule has 0 spiro atoms. The minimum atomic E-state index is -1.11. The van der Waals surface area contributed by atoms with E-state index in [1.165, 1.54) is 0 Å². The summed E-state index contributed by atoms with van der Waals surface area (Å²) in [5.74, 6) is -2.24. The van der Waals surface area contributed by atoms with Gasteiger partial charge in [-0.15, -0.1) is 0 Å². The summed E-state index contributed by atoms with van der Waals surface area (Å²) in [5.41, 5.74) is -0.0853. The molecule has 1 saturated carbocycles. The molecule has 22 heavy (non-hydrogen) atoms. The average Bonchev–Trinajstić information content (AvgIpc) is 3.19. The summed E-state index contributed by atoms with van der Waals surface area (Å²) in [7, 11) is 0. The second-order valence-electron chi connectivity index (χ2n) is 5.80. The highest BCUT2D eigenvalue weighted by Gasteiger charge is 2.62. The number of aliphatic carboxylic acids is 1. The van der Waals surface area contributed by atoms with Crippen LogP contribution < -0.4 is 10.6 Å². The first-order valence-electron chi connectivity index (χ1n) is 7.03. The van der Waals surface area contributed by atoms with Gasteiger partial charge in [-0.1, -0.05) is 28.1 Å². The highest BCUT2D eigenvalue weighted by molar-refractivity contribution is 9.10. The van der Waals surface area contributed by atoms with E-state index in [9.17, 15) is 14.4 Å². The highest BCUT2D eigenvalue weighted by atomic mass is 79.9. The number of carbonyl (C=O) groups is 3. The second kappa shape index (κ2) is 5.39. The van der Waals surface area contributed by atoms with Crippen LogP contribution in [0.5, 0.6) is 0 Å². The maximum Gasteiger partial charge on any atom is 0.322 e. The van der Waals surface area contributed by atoms with Crippen molar-refractivity contribution >= 4 is 33.8 Å². The fourth-order valence-corrected chi connectivity index (χ4v) is 3.62. The molecule has 1 aliphatic carbocycles. The summed E-state index contributed by atoms with van der Waals surface area (Å²) in [5, 5.41) is 14.0. The maximum absolute atomic E-state index is 12.2. The third-order valence-corrected chi connectivity index (χ3v) is 4.90. The smallest absolute Gasteiger partial charge is 0.322 e. The standard InChI is InChI=1S/C15H15BrN2O4/c16-9-3-1-2-8(6-9)4-5-15(11-7-10(11)12(19)20)13(21)17-14(22)18-15/h1-3,6,10-11H,4-5,7H2,(H,19,20)(H2,17,18,21,22). The predicted molar refractivity (Wildman–Crippen MR) is 81.1 cm³/mol. The van der Waals surface area contributed by atoms with Crippen molar-refractivity contribution in [3.63, 3.8) is 0 Å². The zero-order valence-electron chi connectivity index (χ0n) is 11.6. The van der Waals surface area contributed by atoms with Crippen molar-refractivity contribution < 1.29 is 19.5 Å². The fraction of sp³-hybridized carbons (Fsp3) is 0.400. The number of carboxylic acid groups (broad SMARTS) is 1. The molecule has 3 unspecified atom stereocenters. The van der Waals surface area contributed by atoms with Gasteiger partial charge in [0, 0.05) is 10.4 Å². The van der Waals surface area contributed by atoms with Crippen molar-refractivity contribution in [2.75, 3.05) is 0 Å². The number of urea groups is 1. The van der Waals surface area contributed by atoms with Crippen LogP contribution in [0.1, 0.15) is 18.4 Å². The molecular formula is C15H15BrN2O4. The van der Waals surface area contributed by atoms with Crippen LogP contribution in [0.25, 0.3) is 0 Å². The molecule has 116 valence electrons. The number of carbonyl (C=O) groups excluding carboxylic acids is 2. The van der Waals surface area contributed by atoms with E-state index in [1.807, 2.05) is 24.3 Å². The number of carboxylic acids is 1. The van der Waals surface area contributed by atoms with Crippen LogP contribution in [0, 0.1) is 11.8 Å². The number of hydrogen-bond donors (Lipinski definition) is 3. The Morgan fingerprint density at radius 1 is 1.41 bits per heavy atom. The van der Waals surface area contributed by atoms with Crippen molar-refractivity contribution in [2.24, 2.45) is 11.8 Å².